The third kappa shape index (κ3) is 2.71. The van der Waals surface area contributed by atoms with Gasteiger partial charge in [-0.3, -0.25) is 4.79 Å². The Morgan fingerprint density at radius 3 is 2.71 bits per heavy atom. The lowest BCUT2D eigenvalue weighted by atomic mass is 10.1. The van der Waals surface area contributed by atoms with Crippen LogP contribution >= 0.6 is 0 Å². The van der Waals surface area contributed by atoms with Crippen molar-refractivity contribution in [2.75, 3.05) is 13.1 Å². The van der Waals surface area contributed by atoms with E-state index in [2.05, 4.69) is 20.2 Å². The molecule has 0 saturated carbocycles. The lowest BCUT2D eigenvalue weighted by Gasteiger charge is -2.30. The molecular weight excluding hydrogens is 228 g/mol. The van der Waals surface area contributed by atoms with Gasteiger partial charge in [0.05, 0.1) is 0 Å². The highest BCUT2D eigenvalue weighted by Gasteiger charge is 2.26. The summed E-state index contributed by atoms with van der Waals surface area (Å²) in [4.78, 5) is 23.9. The zero-order chi connectivity index (χ0) is 12.3. The number of likely N-dealkylation sites (tertiary alicyclic amines) is 1. The summed E-state index contributed by atoms with van der Waals surface area (Å²) in [5.41, 5.74) is 0. The Balaban J connectivity index is 1.87. The van der Waals surface area contributed by atoms with E-state index in [0.29, 0.717) is 25.9 Å². The molecule has 8 heteroatoms. The van der Waals surface area contributed by atoms with E-state index in [1.807, 2.05) is 0 Å². The van der Waals surface area contributed by atoms with Crippen molar-refractivity contribution in [3.63, 3.8) is 0 Å². The first-order valence-electron chi connectivity index (χ1n) is 5.23. The van der Waals surface area contributed by atoms with Gasteiger partial charge in [0, 0.05) is 24.4 Å². The molecule has 0 aromatic carbocycles. The summed E-state index contributed by atoms with van der Waals surface area (Å²) < 4.78 is 4.68. The Morgan fingerprint density at radius 1 is 1.47 bits per heavy atom. The van der Waals surface area contributed by atoms with Crippen LogP contribution in [0.15, 0.2) is 10.7 Å². The van der Waals surface area contributed by atoms with Gasteiger partial charge in [-0.25, -0.2) is 4.79 Å². The van der Waals surface area contributed by atoms with E-state index in [9.17, 15) is 9.59 Å². The third-order valence-electron chi connectivity index (χ3n) is 2.68. The van der Waals surface area contributed by atoms with Crippen LogP contribution in [0.2, 0.25) is 0 Å². The Morgan fingerprint density at radius 2 is 2.18 bits per heavy atom. The SMILES string of the molecule is O=C(O)NC1CCN(C(=O)c2cnno2)CC1. The number of hydrogen-bond donors (Lipinski definition) is 2. The van der Waals surface area contributed by atoms with Crippen molar-refractivity contribution in [2.24, 2.45) is 0 Å². The molecule has 1 aromatic rings. The molecule has 2 heterocycles. The fourth-order valence-electron chi connectivity index (χ4n) is 1.82. The molecule has 1 fully saturated rings. The van der Waals surface area contributed by atoms with Crippen LogP contribution in [-0.4, -0.2) is 51.5 Å². The van der Waals surface area contributed by atoms with Gasteiger partial charge in [-0.2, -0.15) is 0 Å². The average Bonchev–Trinajstić information content (AvgIpc) is 2.82. The van der Waals surface area contributed by atoms with E-state index in [1.54, 1.807) is 4.90 Å². The van der Waals surface area contributed by atoms with E-state index in [1.165, 1.54) is 6.20 Å². The maximum atomic E-state index is 11.8. The number of hydrogen-bond acceptors (Lipinski definition) is 5. The summed E-state index contributed by atoms with van der Waals surface area (Å²) in [7, 11) is 0. The summed E-state index contributed by atoms with van der Waals surface area (Å²) in [5, 5.41) is 17.6. The predicted molar refractivity (Wildman–Crippen MR) is 54.4 cm³/mol. The fraction of sp³-hybridized carbons (Fsp3) is 0.556. The molecule has 2 rings (SSSR count). The molecule has 2 N–H and O–H groups in total. The predicted octanol–water partition coefficient (Wildman–Crippen LogP) is -0.0582. The molecule has 0 unspecified atom stereocenters. The molecule has 1 aliphatic rings. The fourth-order valence-corrected chi connectivity index (χ4v) is 1.82. The minimum atomic E-state index is -1.03. The Kier molecular flexibility index (Phi) is 3.22. The van der Waals surface area contributed by atoms with E-state index < -0.39 is 6.09 Å². The van der Waals surface area contributed by atoms with Gasteiger partial charge in [-0.05, 0) is 12.8 Å². The summed E-state index contributed by atoms with van der Waals surface area (Å²) in [5.74, 6) is -0.154. The van der Waals surface area contributed by atoms with E-state index in [0.717, 1.165) is 0 Å². The zero-order valence-corrected chi connectivity index (χ0v) is 9.00. The number of carbonyl (C=O) groups excluding carboxylic acids is 1. The van der Waals surface area contributed by atoms with Crippen LogP contribution in [0.3, 0.4) is 0 Å². The molecule has 0 atom stereocenters. The number of rotatable bonds is 2. The van der Waals surface area contributed by atoms with E-state index >= 15 is 0 Å². The van der Waals surface area contributed by atoms with Gasteiger partial charge >= 0.3 is 6.09 Å². The van der Waals surface area contributed by atoms with Crippen molar-refractivity contribution in [3.8, 4) is 0 Å². The molecule has 0 spiro atoms. The summed E-state index contributed by atoms with van der Waals surface area (Å²) >= 11 is 0. The largest absolute Gasteiger partial charge is 0.465 e. The normalized spacial score (nSPS) is 16.8. The first kappa shape index (κ1) is 11.4. The second-order valence-electron chi connectivity index (χ2n) is 3.80. The summed E-state index contributed by atoms with van der Waals surface area (Å²) in [6.07, 6.45) is 1.43. The molecule has 2 amide bonds. The number of nitrogens with zero attached hydrogens (tertiary/aromatic N) is 3. The topological polar surface area (TPSA) is 109 Å². The Hall–Kier alpha value is -2.12. The van der Waals surface area contributed by atoms with Gasteiger partial charge in [0.1, 0.15) is 6.20 Å². The first-order chi connectivity index (χ1) is 8.16. The van der Waals surface area contributed by atoms with Crippen LogP contribution in [0.25, 0.3) is 0 Å². The lowest BCUT2D eigenvalue weighted by Crippen LogP contribution is -2.46. The number of carboxylic acid groups (broad SMARTS) is 1. The third-order valence-corrected chi connectivity index (χ3v) is 2.68. The minimum absolute atomic E-state index is 0.0931. The Labute approximate surface area is 96.6 Å². The first-order valence-corrected chi connectivity index (χ1v) is 5.23. The maximum Gasteiger partial charge on any atom is 0.404 e. The van der Waals surface area contributed by atoms with Crippen LogP contribution in [-0.2, 0) is 0 Å². The Bertz CT molecular complexity index is 397. The van der Waals surface area contributed by atoms with E-state index in [4.69, 9.17) is 5.11 Å². The molecule has 1 aromatic heterocycles. The minimum Gasteiger partial charge on any atom is -0.465 e. The molecule has 92 valence electrons. The van der Waals surface area contributed by atoms with Crippen LogP contribution in [0.4, 0.5) is 4.79 Å². The van der Waals surface area contributed by atoms with Gasteiger partial charge in [0.2, 0.25) is 5.76 Å². The van der Waals surface area contributed by atoms with Crippen LogP contribution in [0, 0.1) is 0 Å². The molecule has 8 nitrogen and oxygen atoms in total. The highest BCUT2D eigenvalue weighted by atomic mass is 16.5. The second-order valence-corrected chi connectivity index (χ2v) is 3.80. The van der Waals surface area contributed by atoms with Crippen LogP contribution in [0.5, 0.6) is 0 Å². The van der Waals surface area contributed by atoms with Gasteiger partial charge in [0.15, 0.2) is 0 Å². The van der Waals surface area contributed by atoms with Crippen molar-refractivity contribution in [3.05, 3.63) is 12.0 Å². The van der Waals surface area contributed by atoms with Crippen molar-refractivity contribution >= 4 is 12.0 Å². The zero-order valence-electron chi connectivity index (χ0n) is 9.00. The number of carbonyl (C=O) groups is 2. The molecule has 1 aliphatic heterocycles. The van der Waals surface area contributed by atoms with Gasteiger partial charge in [0.25, 0.3) is 5.91 Å². The van der Waals surface area contributed by atoms with Crippen molar-refractivity contribution in [1.29, 1.82) is 0 Å². The molecule has 1 saturated heterocycles. The van der Waals surface area contributed by atoms with Gasteiger partial charge in [-0.15, -0.1) is 5.10 Å². The van der Waals surface area contributed by atoms with Gasteiger partial charge in [-0.1, -0.05) is 0 Å². The number of piperidine rings is 1. The van der Waals surface area contributed by atoms with Crippen molar-refractivity contribution in [2.45, 2.75) is 18.9 Å². The smallest absolute Gasteiger partial charge is 0.404 e. The van der Waals surface area contributed by atoms with Crippen LogP contribution in [0.1, 0.15) is 23.4 Å². The second kappa shape index (κ2) is 4.81. The number of amides is 2. The molecule has 0 aliphatic carbocycles. The standard InChI is InChI=1S/C9H12N4O4/c14-8(7-5-10-12-17-7)13-3-1-6(2-4-13)11-9(15)16/h5-6,11H,1-4H2,(H,15,16). The van der Waals surface area contributed by atoms with Crippen LogP contribution < -0.4 is 5.32 Å². The quantitative estimate of drug-likeness (QED) is 0.749. The monoisotopic (exact) mass is 240 g/mol. The molecule has 0 radical (unpaired) electrons. The van der Waals surface area contributed by atoms with Crippen molar-refractivity contribution < 1.29 is 19.2 Å². The molecular formula is C9H12N4O4. The highest BCUT2D eigenvalue weighted by Crippen LogP contribution is 2.13. The lowest BCUT2D eigenvalue weighted by molar-refractivity contribution is 0.0663. The average molecular weight is 240 g/mol. The highest BCUT2D eigenvalue weighted by molar-refractivity contribution is 5.91. The summed E-state index contributed by atoms with van der Waals surface area (Å²) in [6, 6.07) is -0.0931. The van der Waals surface area contributed by atoms with Crippen molar-refractivity contribution in [1.82, 2.24) is 20.6 Å². The maximum absolute atomic E-state index is 11.8. The summed E-state index contributed by atoms with van der Waals surface area (Å²) in [6.45, 7) is 0.981. The van der Waals surface area contributed by atoms with Gasteiger partial charge < -0.3 is 19.8 Å². The van der Waals surface area contributed by atoms with E-state index in [-0.39, 0.29) is 17.7 Å². The number of aromatic nitrogens is 2. The molecule has 17 heavy (non-hydrogen) atoms. The number of nitrogens with one attached hydrogen (secondary N) is 1. The molecule has 0 bridgehead atoms.